The first-order valence-corrected chi connectivity index (χ1v) is 14.2. The summed E-state index contributed by atoms with van der Waals surface area (Å²) in [5.41, 5.74) is 10.2. The van der Waals surface area contributed by atoms with E-state index in [2.05, 4.69) is 69.6 Å². The normalized spacial score (nSPS) is 11.7. The largest absolute Gasteiger partial charge is 0.437 e. The number of para-hydroxylation sites is 3. The predicted molar refractivity (Wildman–Crippen MR) is 171 cm³/mol. The molecule has 4 aromatic heterocycles. The van der Waals surface area contributed by atoms with E-state index in [9.17, 15) is 0 Å². The molecule has 0 spiro atoms. The number of nitrogens with zero attached hydrogens (tertiary/aromatic N) is 5. The van der Waals surface area contributed by atoms with E-state index in [0.717, 1.165) is 72.8 Å². The molecule has 0 N–H and O–H groups in total. The van der Waals surface area contributed by atoms with Crippen molar-refractivity contribution < 1.29 is 4.42 Å². The number of hydrogen-bond donors (Lipinski definition) is 0. The average molecular weight is 554 g/mol. The van der Waals surface area contributed by atoms with Crippen LogP contribution in [-0.2, 0) is 0 Å². The minimum absolute atomic E-state index is 0.652. The Kier molecular flexibility index (Phi) is 5.10. The van der Waals surface area contributed by atoms with Crippen molar-refractivity contribution in [2.24, 2.45) is 0 Å². The van der Waals surface area contributed by atoms with E-state index in [0.29, 0.717) is 5.82 Å². The molecule has 9 aromatic rings. The van der Waals surface area contributed by atoms with Gasteiger partial charge >= 0.3 is 0 Å². The molecule has 5 aromatic carbocycles. The number of benzene rings is 5. The van der Waals surface area contributed by atoms with Gasteiger partial charge in [0.05, 0.1) is 28.1 Å². The van der Waals surface area contributed by atoms with Crippen molar-refractivity contribution in [3.8, 4) is 39.6 Å². The van der Waals surface area contributed by atoms with Crippen LogP contribution in [0.25, 0.3) is 78.6 Å². The second kappa shape index (κ2) is 9.26. The summed E-state index contributed by atoms with van der Waals surface area (Å²) in [4.78, 5) is 15.2. The van der Waals surface area contributed by atoms with Crippen molar-refractivity contribution in [1.82, 2.24) is 23.9 Å². The third-order valence-corrected chi connectivity index (χ3v) is 7.95. The van der Waals surface area contributed by atoms with Gasteiger partial charge in [0.25, 0.3) is 0 Å². The summed E-state index contributed by atoms with van der Waals surface area (Å²) in [7, 11) is 0. The highest BCUT2D eigenvalue weighted by molar-refractivity contribution is 6.06. The van der Waals surface area contributed by atoms with E-state index in [1.165, 1.54) is 0 Å². The molecule has 0 aliphatic heterocycles. The lowest BCUT2D eigenvalue weighted by Crippen LogP contribution is -1.98. The SMILES string of the molecule is c1ccc(-c2cc(-c3ccccc3)nc(-c3cccc(-n4c5oc6ccccc6c5n5c6ccccc6nc45)c3)n2)cc1. The van der Waals surface area contributed by atoms with Crippen LogP contribution in [0.5, 0.6) is 0 Å². The first-order chi connectivity index (χ1) is 21.3. The van der Waals surface area contributed by atoms with Crippen molar-refractivity contribution >= 4 is 39.0 Å². The molecular weight excluding hydrogens is 530 g/mol. The Morgan fingerprint density at radius 1 is 0.535 bits per heavy atom. The Bertz CT molecular complexity index is 2310. The van der Waals surface area contributed by atoms with Crippen LogP contribution in [-0.4, -0.2) is 23.9 Å². The third kappa shape index (κ3) is 3.70. The van der Waals surface area contributed by atoms with Crippen LogP contribution in [0, 0.1) is 0 Å². The number of aromatic nitrogens is 5. The van der Waals surface area contributed by atoms with Crippen LogP contribution in [0.4, 0.5) is 0 Å². The fraction of sp³-hybridized carbons (Fsp3) is 0. The molecule has 4 heterocycles. The molecule has 0 atom stereocenters. The Hall–Kier alpha value is -6.01. The highest BCUT2D eigenvalue weighted by atomic mass is 16.3. The first-order valence-electron chi connectivity index (χ1n) is 14.2. The zero-order chi connectivity index (χ0) is 28.3. The molecule has 0 bridgehead atoms. The van der Waals surface area contributed by atoms with Crippen molar-refractivity contribution in [1.29, 1.82) is 0 Å². The molecule has 0 saturated heterocycles. The average Bonchev–Trinajstić information content (AvgIpc) is 3.72. The number of fused-ring (bicyclic) bond motifs is 7. The monoisotopic (exact) mass is 553 g/mol. The summed E-state index contributed by atoms with van der Waals surface area (Å²) in [5, 5.41) is 1.05. The molecular formula is C37H23N5O. The van der Waals surface area contributed by atoms with Gasteiger partial charge in [0, 0.05) is 22.1 Å². The summed E-state index contributed by atoms with van der Waals surface area (Å²) < 4.78 is 10.8. The summed E-state index contributed by atoms with van der Waals surface area (Å²) >= 11 is 0. The van der Waals surface area contributed by atoms with Crippen LogP contribution >= 0.6 is 0 Å². The number of furan rings is 1. The zero-order valence-electron chi connectivity index (χ0n) is 22.9. The van der Waals surface area contributed by atoms with Crippen LogP contribution in [0.15, 0.2) is 144 Å². The molecule has 0 unspecified atom stereocenters. The van der Waals surface area contributed by atoms with Gasteiger partial charge in [0.2, 0.25) is 11.5 Å². The fourth-order valence-electron chi connectivity index (χ4n) is 5.97. The van der Waals surface area contributed by atoms with Gasteiger partial charge in [-0.05, 0) is 42.5 Å². The van der Waals surface area contributed by atoms with Crippen molar-refractivity contribution in [2.75, 3.05) is 0 Å². The molecule has 0 saturated carbocycles. The quantitative estimate of drug-likeness (QED) is 0.218. The maximum Gasteiger partial charge on any atom is 0.232 e. The fourth-order valence-corrected chi connectivity index (χ4v) is 5.97. The van der Waals surface area contributed by atoms with Crippen molar-refractivity contribution in [2.45, 2.75) is 0 Å². The van der Waals surface area contributed by atoms with Gasteiger partial charge in [-0.3, -0.25) is 4.40 Å². The molecule has 6 nitrogen and oxygen atoms in total. The Balaban J connectivity index is 1.29. The maximum atomic E-state index is 6.50. The van der Waals surface area contributed by atoms with Crippen LogP contribution < -0.4 is 0 Å². The molecule has 6 heteroatoms. The molecule has 202 valence electrons. The number of rotatable bonds is 4. The van der Waals surface area contributed by atoms with E-state index in [-0.39, 0.29) is 0 Å². The summed E-state index contributed by atoms with van der Waals surface area (Å²) in [6.45, 7) is 0. The van der Waals surface area contributed by atoms with Gasteiger partial charge in [-0.25, -0.2) is 19.5 Å². The molecule has 9 rings (SSSR count). The van der Waals surface area contributed by atoms with E-state index < -0.39 is 0 Å². The number of imidazole rings is 2. The van der Waals surface area contributed by atoms with Crippen LogP contribution in [0.2, 0.25) is 0 Å². The Morgan fingerprint density at radius 3 is 1.95 bits per heavy atom. The highest BCUT2D eigenvalue weighted by Crippen LogP contribution is 2.37. The molecule has 0 radical (unpaired) electrons. The van der Waals surface area contributed by atoms with Crippen LogP contribution in [0.1, 0.15) is 0 Å². The van der Waals surface area contributed by atoms with Gasteiger partial charge in [0.15, 0.2) is 5.82 Å². The molecule has 0 fully saturated rings. The second-order valence-corrected chi connectivity index (χ2v) is 10.6. The minimum atomic E-state index is 0.652. The van der Waals surface area contributed by atoms with Gasteiger partial charge < -0.3 is 4.42 Å². The lowest BCUT2D eigenvalue weighted by atomic mass is 10.1. The van der Waals surface area contributed by atoms with E-state index in [4.69, 9.17) is 19.4 Å². The summed E-state index contributed by atoms with van der Waals surface area (Å²) in [6, 6.07) is 47.2. The molecule has 43 heavy (non-hydrogen) atoms. The van der Waals surface area contributed by atoms with Crippen molar-refractivity contribution in [3.05, 3.63) is 140 Å². The summed E-state index contributed by atoms with van der Waals surface area (Å²) in [5.74, 6) is 1.45. The van der Waals surface area contributed by atoms with E-state index in [1.54, 1.807) is 0 Å². The van der Waals surface area contributed by atoms with Crippen LogP contribution in [0.3, 0.4) is 0 Å². The van der Waals surface area contributed by atoms with E-state index >= 15 is 0 Å². The summed E-state index contributed by atoms with van der Waals surface area (Å²) in [6.07, 6.45) is 0. The molecule has 0 aliphatic rings. The number of hydrogen-bond acceptors (Lipinski definition) is 4. The minimum Gasteiger partial charge on any atom is -0.437 e. The predicted octanol–water partition coefficient (Wildman–Crippen LogP) is 8.97. The van der Waals surface area contributed by atoms with E-state index in [1.807, 2.05) is 78.9 Å². The maximum absolute atomic E-state index is 6.50. The zero-order valence-corrected chi connectivity index (χ0v) is 22.9. The highest BCUT2D eigenvalue weighted by Gasteiger charge is 2.23. The molecule has 0 amide bonds. The first kappa shape index (κ1) is 23.7. The standard InChI is InChI=1S/C37H23N5O/c1-3-12-24(13-4-1)30-23-31(25-14-5-2-6-15-25)39-35(38-30)26-16-11-17-27(22-26)41-36-34(28-18-7-10-21-33(28)43-36)42-32-20-9-8-19-29(32)40-37(41)42/h1-23H. The van der Waals surface area contributed by atoms with Gasteiger partial charge in [0.1, 0.15) is 11.1 Å². The lowest BCUT2D eigenvalue weighted by molar-refractivity contribution is 0.645. The van der Waals surface area contributed by atoms with Gasteiger partial charge in [-0.2, -0.15) is 0 Å². The smallest absolute Gasteiger partial charge is 0.232 e. The second-order valence-electron chi connectivity index (χ2n) is 10.6. The topological polar surface area (TPSA) is 61.2 Å². The van der Waals surface area contributed by atoms with Gasteiger partial charge in [-0.1, -0.05) is 97.1 Å². The van der Waals surface area contributed by atoms with Crippen molar-refractivity contribution in [3.63, 3.8) is 0 Å². The Labute approximate surface area is 246 Å². The molecule has 0 aliphatic carbocycles. The van der Waals surface area contributed by atoms with Gasteiger partial charge in [-0.15, -0.1) is 0 Å². The lowest BCUT2D eigenvalue weighted by Gasteiger charge is -2.11. The Morgan fingerprint density at radius 2 is 1.19 bits per heavy atom. The third-order valence-electron chi connectivity index (χ3n) is 7.95.